The fourth-order valence-electron chi connectivity index (χ4n) is 1.55. The molecule has 16 heavy (non-hydrogen) atoms. The molecule has 4 N–H and O–H groups in total. The first-order valence-corrected chi connectivity index (χ1v) is 5.12. The molecule has 0 spiro atoms. The minimum absolute atomic E-state index is 0.0458. The molecule has 0 heterocycles. The second-order valence-electron chi connectivity index (χ2n) is 3.59. The molecule has 0 saturated carbocycles. The molecule has 0 saturated heterocycles. The Balaban J connectivity index is 3.03. The molecule has 90 valence electrons. The van der Waals surface area contributed by atoms with Crippen molar-refractivity contribution in [3.63, 3.8) is 0 Å². The van der Waals surface area contributed by atoms with Gasteiger partial charge in [0.15, 0.2) is 0 Å². The number of nitrogens with zero attached hydrogens (tertiary/aromatic N) is 1. The molecule has 0 radical (unpaired) electrons. The van der Waals surface area contributed by atoms with Gasteiger partial charge in [0, 0.05) is 13.1 Å². The van der Waals surface area contributed by atoms with Crippen LogP contribution in [0.5, 0.6) is 0 Å². The molecule has 0 amide bonds. The van der Waals surface area contributed by atoms with E-state index >= 15 is 0 Å². The first kappa shape index (κ1) is 12.7. The Bertz CT molecular complexity index is 352. The minimum Gasteiger partial charge on any atom is -0.397 e. The van der Waals surface area contributed by atoms with Crippen LogP contribution in [0.1, 0.15) is 5.56 Å². The Hall–Kier alpha value is -1.33. The Morgan fingerprint density at radius 3 is 2.31 bits per heavy atom. The van der Waals surface area contributed by atoms with Crippen molar-refractivity contribution in [1.82, 2.24) is 0 Å². The summed E-state index contributed by atoms with van der Waals surface area (Å²) in [7, 11) is 0. The Morgan fingerprint density at radius 2 is 1.81 bits per heavy atom. The summed E-state index contributed by atoms with van der Waals surface area (Å²) in [5, 5.41) is 17.8. The number of aliphatic hydroxyl groups excluding tert-OH is 2. The lowest BCUT2D eigenvalue weighted by atomic mass is 10.1. The van der Waals surface area contributed by atoms with Crippen molar-refractivity contribution in [1.29, 1.82) is 0 Å². The van der Waals surface area contributed by atoms with Gasteiger partial charge in [0.25, 0.3) is 0 Å². The minimum atomic E-state index is -0.353. The molecule has 0 unspecified atom stereocenters. The van der Waals surface area contributed by atoms with E-state index in [1.807, 2.05) is 0 Å². The van der Waals surface area contributed by atoms with Gasteiger partial charge in [0.1, 0.15) is 5.82 Å². The molecular weight excluding hydrogens is 211 g/mol. The predicted molar refractivity (Wildman–Crippen MR) is 61.9 cm³/mol. The van der Waals surface area contributed by atoms with Gasteiger partial charge in [0.05, 0.1) is 24.6 Å². The molecule has 0 aliphatic heterocycles. The summed E-state index contributed by atoms with van der Waals surface area (Å²) in [4.78, 5) is 1.72. The predicted octanol–water partition coefficient (Wildman–Crippen LogP) is 0.507. The van der Waals surface area contributed by atoms with Crippen molar-refractivity contribution in [2.45, 2.75) is 6.92 Å². The Labute approximate surface area is 94.1 Å². The number of hydrogen-bond donors (Lipinski definition) is 3. The van der Waals surface area contributed by atoms with Gasteiger partial charge < -0.3 is 20.8 Å². The molecule has 1 rings (SSSR count). The van der Waals surface area contributed by atoms with E-state index in [4.69, 9.17) is 15.9 Å². The zero-order chi connectivity index (χ0) is 12.1. The number of rotatable bonds is 5. The van der Waals surface area contributed by atoms with Crippen LogP contribution in [0.25, 0.3) is 0 Å². The molecule has 1 aromatic rings. The first-order valence-electron chi connectivity index (χ1n) is 5.12. The number of hydrogen-bond acceptors (Lipinski definition) is 4. The van der Waals surface area contributed by atoms with Gasteiger partial charge >= 0.3 is 0 Å². The molecule has 4 nitrogen and oxygen atoms in total. The van der Waals surface area contributed by atoms with E-state index in [1.54, 1.807) is 17.9 Å². The molecule has 0 bridgehead atoms. The smallest absolute Gasteiger partial charge is 0.128 e. The van der Waals surface area contributed by atoms with Crippen LogP contribution >= 0.6 is 0 Å². The molecular formula is C11H17FN2O2. The molecule has 5 heteroatoms. The van der Waals surface area contributed by atoms with E-state index < -0.39 is 0 Å². The van der Waals surface area contributed by atoms with Gasteiger partial charge in [-0.15, -0.1) is 0 Å². The summed E-state index contributed by atoms with van der Waals surface area (Å²) in [5.41, 5.74) is 7.15. The fraction of sp³-hybridized carbons (Fsp3) is 0.455. The van der Waals surface area contributed by atoms with E-state index in [9.17, 15) is 4.39 Å². The highest BCUT2D eigenvalue weighted by Crippen LogP contribution is 2.26. The molecule has 0 aliphatic carbocycles. The molecule has 0 atom stereocenters. The van der Waals surface area contributed by atoms with Crippen molar-refractivity contribution >= 4 is 11.4 Å². The van der Waals surface area contributed by atoms with Crippen molar-refractivity contribution in [2.75, 3.05) is 36.9 Å². The van der Waals surface area contributed by atoms with Crippen molar-refractivity contribution < 1.29 is 14.6 Å². The van der Waals surface area contributed by atoms with Gasteiger partial charge in [-0.05, 0) is 24.6 Å². The van der Waals surface area contributed by atoms with Crippen LogP contribution < -0.4 is 10.6 Å². The Kier molecular flexibility index (Phi) is 4.52. The normalized spacial score (nSPS) is 10.5. The molecule has 1 aromatic carbocycles. The van der Waals surface area contributed by atoms with Gasteiger partial charge in [-0.25, -0.2) is 4.39 Å². The summed E-state index contributed by atoms with van der Waals surface area (Å²) in [6.45, 7) is 2.27. The summed E-state index contributed by atoms with van der Waals surface area (Å²) < 4.78 is 13.2. The van der Waals surface area contributed by atoms with Gasteiger partial charge in [-0.1, -0.05) is 0 Å². The van der Waals surface area contributed by atoms with E-state index in [-0.39, 0.29) is 19.0 Å². The largest absolute Gasteiger partial charge is 0.397 e. The zero-order valence-corrected chi connectivity index (χ0v) is 9.28. The van der Waals surface area contributed by atoms with Gasteiger partial charge in [-0.2, -0.15) is 0 Å². The lowest BCUT2D eigenvalue weighted by molar-refractivity contribution is 0.281. The van der Waals surface area contributed by atoms with Crippen LogP contribution in [0, 0.1) is 12.7 Å². The summed E-state index contributed by atoms with van der Waals surface area (Å²) in [6, 6.07) is 2.88. The van der Waals surface area contributed by atoms with E-state index in [1.165, 1.54) is 6.07 Å². The topological polar surface area (TPSA) is 69.7 Å². The van der Waals surface area contributed by atoms with Crippen LogP contribution in [0.15, 0.2) is 12.1 Å². The quantitative estimate of drug-likeness (QED) is 0.642. The third kappa shape index (κ3) is 2.84. The number of nitrogen functional groups attached to an aromatic ring is 1. The van der Waals surface area contributed by atoms with E-state index in [0.29, 0.717) is 30.0 Å². The fourth-order valence-corrected chi connectivity index (χ4v) is 1.55. The average Bonchev–Trinajstić information content (AvgIpc) is 2.23. The van der Waals surface area contributed by atoms with Crippen molar-refractivity contribution in [3.8, 4) is 0 Å². The van der Waals surface area contributed by atoms with Crippen LogP contribution in [-0.2, 0) is 0 Å². The summed E-state index contributed by atoms with van der Waals surface area (Å²) in [6.07, 6.45) is 0. The number of benzene rings is 1. The number of aryl methyl sites for hydroxylation is 1. The lowest BCUT2D eigenvalue weighted by Gasteiger charge is -2.25. The number of aliphatic hydroxyl groups is 2. The van der Waals surface area contributed by atoms with Crippen molar-refractivity contribution in [3.05, 3.63) is 23.5 Å². The highest BCUT2D eigenvalue weighted by Gasteiger charge is 2.11. The van der Waals surface area contributed by atoms with E-state index in [2.05, 4.69) is 0 Å². The SMILES string of the molecule is Cc1cc(N(CCO)CCO)c(N)cc1F. The van der Waals surface area contributed by atoms with Gasteiger partial charge in [-0.3, -0.25) is 0 Å². The first-order chi connectivity index (χ1) is 7.60. The maximum atomic E-state index is 13.2. The maximum absolute atomic E-state index is 13.2. The molecule has 0 aromatic heterocycles. The van der Waals surface area contributed by atoms with Crippen LogP contribution in [0.3, 0.4) is 0 Å². The maximum Gasteiger partial charge on any atom is 0.128 e. The number of anilines is 2. The van der Waals surface area contributed by atoms with E-state index in [0.717, 1.165) is 0 Å². The number of halogens is 1. The summed E-state index contributed by atoms with van der Waals surface area (Å²) >= 11 is 0. The average molecular weight is 228 g/mol. The van der Waals surface area contributed by atoms with Crippen molar-refractivity contribution in [2.24, 2.45) is 0 Å². The summed E-state index contributed by atoms with van der Waals surface area (Å²) in [5.74, 6) is -0.353. The standard InChI is InChI=1S/C11H17FN2O2/c1-8-6-11(10(13)7-9(8)12)14(2-4-15)3-5-16/h6-7,15-16H,2-5,13H2,1H3. The monoisotopic (exact) mass is 228 g/mol. The second kappa shape index (κ2) is 5.67. The number of nitrogens with two attached hydrogens (primary N) is 1. The highest BCUT2D eigenvalue weighted by atomic mass is 19.1. The highest BCUT2D eigenvalue weighted by molar-refractivity contribution is 5.68. The Morgan fingerprint density at radius 1 is 1.25 bits per heavy atom. The van der Waals surface area contributed by atoms with Crippen LogP contribution in [0.4, 0.5) is 15.8 Å². The van der Waals surface area contributed by atoms with Crippen LogP contribution in [0.2, 0.25) is 0 Å². The van der Waals surface area contributed by atoms with Crippen LogP contribution in [-0.4, -0.2) is 36.5 Å². The van der Waals surface area contributed by atoms with Gasteiger partial charge in [0.2, 0.25) is 0 Å². The molecule has 0 fully saturated rings. The lowest BCUT2D eigenvalue weighted by Crippen LogP contribution is -2.30. The third-order valence-electron chi connectivity index (χ3n) is 2.39. The third-order valence-corrected chi connectivity index (χ3v) is 2.39. The molecule has 0 aliphatic rings. The second-order valence-corrected chi connectivity index (χ2v) is 3.59. The zero-order valence-electron chi connectivity index (χ0n) is 9.28.